The first kappa shape index (κ1) is 9.37. The van der Waals surface area contributed by atoms with Crippen molar-refractivity contribution in [2.75, 3.05) is 19.6 Å². The van der Waals surface area contributed by atoms with Crippen molar-refractivity contribution in [3.63, 3.8) is 0 Å². The topological polar surface area (TPSA) is 15.3 Å². The predicted octanol–water partition coefficient (Wildman–Crippen LogP) is 1.62. The Labute approximate surface area is 91.3 Å². The molecule has 1 aliphatic heterocycles. The zero-order valence-electron chi connectivity index (χ0n) is 9.08. The molecule has 2 aliphatic rings. The Morgan fingerprint density at radius 3 is 2.73 bits per heavy atom. The van der Waals surface area contributed by atoms with Gasteiger partial charge in [-0.15, -0.1) is 0 Å². The summed E-state index contributed by atoms with van der Waals surface area (Å²) in [6, 6.07) is 10.8. The van der Waals surface area contributed by atoms with E-state index in [1.165, 1.54) is 31.5 Å². The standard InChI is InChI=1S/C13H18N2/c1-2-4-12(5-3-1)10-15-9-8-14-13(11-15)6-7-13/h1-5,14H,6-11H2. The van der Waals surface area contributed by atoms with Gasteiger partial charge in [-0.1, -0.05) is 30.3 Å². The van der Waals surface area contributed by atoms with Crippen molar-refractivity contribution in [2.45, 2.75) is 24.9 Å². The largest absolute Gasteiger partial charge is 0.309 e. The first-order valence-corrected chi connectivity index (χ1v) is 5.88. The second kappa shape index (κ2) is 3.62. The molecule has 0 unspecified atom stereocenters. The predicted molar refractivity (Wildman–Crippen MR) is 61.7 cm³/mol. The molecule has 3 rings (SSSR count). The highest BCUT2D eigenvalue weighted by Crippen LogP contribution is 2.37. The molecule has 2 nitrogen and oxygen atoms in total. The lowest BCUT2D eigenvalue weighted by Gasteiger charge is -2.34. The van der Waals surface area contributed by atoms with Crippen LogP contribution in [0.1, 0.15) is 18.4 Å². The lowest BCUT2D eigenvalue weighted by atomic mass is 10.1. The minimum absolute atomic E-state index is 0.507. The average molecular weight is 202 g/mol. The van der Waals surface area contributed by atoms with Crippen molar-refractivity contribution in [2.24, 2.45) is 0 Å². The van der Waals surface area contributed by atoms with Crippen molar-refractivity contribution in [3.8, 4) is 0 Å². The molecule has 0 bridgehead atoms. The molecule has 80 valence electrons. The second-order valence-corrected chi connectivity index (χ2v) is 4.90. The molecule has 1 spiro atoms. The molecule has 15 heavy (non-hydrogen) atoms. The summed E-state index contributed by atoms with van der Waals surface area (Å²) in [6.07, 6.45) is 2.75. The molecule has 0 amide bonds. The number of benzene rings is 1. The Balaban J connectivity index is 1.63. The quantitative estimate of drug-likeness (QED) is 0.784. The van der Waals surface area contributed by atoms with Crippen LogP contribution in [0.3, 0.4) is 0 Å². The van der Waals surface area contributed by atoms with Gasteiger partial charge in [-0.25, -0.2) is 0 Å². The van der Waals surface area contributed by atoms with Crippen LogP contribution in [0.2, 0.25) is 0 Å². The summed E-state index contributed by atoms with van der Waals surface area (Å²) in [6.45, 7) is 4.70. The van der Waals surface area contributed by atoms with Crippen LogP contribution >= 0.6 is 0 Å². The van der Waals surface area contributed by atoms with E-state index in [0.717, 1.165) is 13.1 Å². The summed E-state index contributed by atoms with van der Waals surface area (Å²) in [7, 11) is 0. The van der Waals surface area contributed by atoms with E-state index in [4.69, 9.17) is 0 Å². The van der Waals surface area contributed by atoms with Crippen molar-refractivity contribution < 1.29 is 0 Å². The van der Waals surface area contributed by atoms with E-state index in [2.05, 4.69) is 40.5 Å². The van der Waals surface area contributed by atoms with Gasteiger partial charge in [0, 0.05) is 31.7 Å². The molecule has 0 atom stereocenters. The lowest BCUT2D eigenvalue weighted by molar-refractivity contribution is 0.182. The maximum Gasteiger partial charge on any atom is 0.0310 e. The highest BCUT2D eigenvalue weighted by Gasteiger charge is 2.45. The van der Waals surface area contributed by atoms with Crippen LogP contribution in [0.4, 0.5) is 0 Å². The number of piperazine rings is 1. The third-order valence-corrected chi connectivity index (χ3v) is 3.56. The molecule has 1 aromatic carbocycles. The minimum atomic E-state index is 0.507. The number of rotatable bonds is 2. The van der Waals surface area contributed by atoms with Crippen LogP contribution in [0.25, 0.3) is 0 Å². The molecule has 2 heteroatoms. The van der Waals surface area contributed by atoms with Crippen LogP contribution < -0.4 is 5.32 Å². The third-order valence-electron chi connectivity index (χ3n) is 3.56. The fourth-order valence-electron chi connectivity index (χ4n) is 2.50. The van der Waals surface area contributed by atoms with Crippen LogP contribution in [0.5, 0.6) is 0 Å². The highest BCUT2D eigenvalue weighted by atomic mass is 15.2. The molecule has 0 aromatic heterocycles. The lowest BCUT2D eigenvalue weighted by Crippen LogP contribution is -2.51. The Morgan fingerprint density at radius 1 is 1.20 bits per heavy atom. The first-order chi connectivity index (χ1) is 7.36. The molecule has 1 aromatic rings. The van der Waals surface area contributed by atoms with Gasteiger partial charge in [-0.05, 0) is 18.4 Å². The van der Waals surface area contributed by atoms with Gasteiger partial charge in [0.15, 0.2) is 0 Å². The summed E-state index contributed by atoms with van der Waals surface area (Å²) in [4.78, 5) is 2.58. The van der Waals surface area contributed by atoms with Gasteiger partial charge in [-0.2, -0.15) is 0 Å². The van der Waals surface area contributed by atoms with Crippen LogP contribution in [-0.4, -0.2) is 30.1 Å². The van der Waals surface area contributed by atoms with E-state index in [-0.39, 0.29) is 0 Å². The summed E-state index contributed by atoms with van der Waals surface area (Å²) in [5, 5.41) is 3.64. The van der Waals surface area contributed by atoms with E-state index < -0.39 is 0 Å². The molecule has 1 saturated carbocycles. The van der Waals surface area contributed by atoms with E-state index in [0.29, 0.717) is 5.54 Å². The third kappa shape index (κ3) is 2.06. The normalized spacial score (nSPS) is 24.3. The van der Waals surface area contributed by atoms with E-state index in [1.807, 2.05) is 0 Å². The SMILES string of the molecule is c1ccc(CN2CCNC3(CC3)C2)cc1. The summed E-state index contributed by atoms with van der Waals surface area (Å²) in [5.41, 5.74) is 1.95. The summed E-state index contributed by atoms with van der Waals surface area (Å²) in [5.74, 6) is 0. The van der Waals surface area contributed by atoms with Gasteiger partial charge in [-0.3, -0.25) is 4.90 Å². The van der Waals surface area contributed by atoms with Gasteiger partial charge in [0.1, 0.15) is 0 Å². The number of hydrogen-bond acceptors (Lipinski definition) is 2. The molecule has 1 N–H and O–H groups in total. The zero-order chi connectivity index (χ0) is 10.1. The Bertz CT molecular complexity index is 330. The van der Waals surface area contributed by atoms with Gasteiger partial charge in [0.2, 0.25) is 0 Å². The van der Waals surface area contributed by atoms with Crippen molar-refractivity contribution >= 4 is 0 Å². The maximum atomic E-state index is 3.64. The molecule has 2 fully saturated rings. The summed E-state index contributed by atoms with van der Waals surface area (Å²) < 4.78 is 0. The van der Waals surface area contributed by atoms with Crippen LogP contribution in [0, 0.1) is 0 Å². The second-order valence-electron chi connectivity index (χ2n) is 4.90. The average Bonchev–Trinajstić information content (AvgIpc) is 2.99. The van der Waals surface area contributed by atoms with E-state index in [9.17, 15) is 0 Å². The Hall–Kier alpha value is -0.860. The molecule has 1 saturated heterocycles. The fourth-order valence-corrected chi connectivity index (χ4v) is 2.50. The molecule has 1 heterocycles. The van der Waals surface area contributed by atoms with Gasteiger partial charge in [0.25, 0.3) is 0 Å². The maximum absolute atomic E-state index is 3.64. The Morgan fingerprint density at radius 2 is 2.00 bits per heavy atom. The smallest absolute Gasteiger partial charge is 0.0310 e. The number of nitrogens with zero attached hydrogens (tertiary/aromatic N) is 1. The molecular formula is C13H18N2. The molecule has 0 radical (unpaired) electrons. The van der Waals surface area contributed by atoms with Gasteiger partial charge in [0.05, 0.1) is 0 Å². The zero-order valence-corrected chi connectivity index (χ0v) is 9.08. The first-order valence-electron chi connectivity index (χ1n) is 5.88. The number of nitrogens with one attached hydrogen (secondary N) is 1. The summed E-state index contributed by atoms with van der Waals surface area (Å²) >= 11 is 0. The van der Waals surface area contributed by atoms with Crippen molar-refractivity contribution in [3.05, 3.63) is 35.9 Å². The molecule has 1 aliphatic carbocycles. The van der Waals surface area contributed by atoms with Crippen molar-refractivity contribution in [1.82, 2.24) is 10.2 Å². The van der Waals surface area contributed by atoms with Gasteiger partial charge < -0.3 is 5.32 Å². The van der Waals surface area contributed by atoms with E-state index >= 15 is 0 Å². The monoisotopic (exact) mass is 202 g/mol. The Kier molecular flexibility index (Phi) is 2.26. The van der Waals surface area contributed by atoms with Gasteiger partial charge >= 0.3 is 0 Å². The van der Waals surface area contributed by atoms with Crippen LogP contribution in [-0.2, 0) is 6.54 Å². The molecular weight excluding hydrogens is 184 g/mol. The highest BCUT2D eigenvalue weighted by molar-refractivity contribution is 5.15. The van der Waals surface area contributed by atoms with Crippen LogP contribution in [0.15, 0.2) is 30.3 Å². The van der Waals surface area contributed by atoms with Crippen molar-refractivity contribution in [1.29, 1.82) is 0 Å². The number of hydrogen-bond donors (Lipinski definition) is 1. The van der Waals surface area contributed by atoms with E-state index in [1.54, 1.807) is 0 Å². The minimum Gasteiger partial charge on any atom is -0.309 e. The fraction of sp³-hybridized carbons (Fsp3) is 0.538.